The molecule has 40 heavy (non-hydrogen) atoms. The highest BCUT2D eigenvalue weighted by Gasteiger charge is 2.31. The minimum Gasteiger partial charge on any atom is -0.464 e. The summed E-state index contributed by atoms with van der Waals surface area (Å²) in [5.41, 5.74) is 2.60. The molecule has 2 amide bonds. The van der Waals surface area contributed by atoms with E-state index in [1.807, 2.05) is 25.1 Å². The number of urea groups is 1. The monoisotopic (exact) mass is 544 g/mol. The van der Waals surface area contributed by atoms with Gasteiger partial charge in [-0.1, -0.05) is 30.9 Å². The van der Waals surface area contributed by atoms with E-state index in [4.69, 9.17) is 4.42 Å². The van der Waals surface area contributed by atoms with Crippen molar-refractivity contribution in [2.24, 2.45) is 0 Å². The van der Waals surface area contributed by atoms with Crippen molar-refractivity contribution >= 4 is 23.2 Å². The smallest absolute Gasteiger partial charge is 0.416 e. The van der Waals surface area contributed by atoms with Gasteiger partial charge in [0.1, 0.15) is 5.76 Å². The maximum absolute atomic E-state index is 13.6. The van der Waals surface area contributed by atoms with E-state index in [0.717, 1.165) is 36.1 Å². The fourth-order valence-corrected chi connectivity index (χ4v) is 4.47. The van der Waals surface area contributed by atoms with Crippen molar-refractivity contribution in [1.82, 2.24) is 4.98 Å². The first-order chi connectivity index (χ1) is 19.3. The van der Waals surface area contributed by atoms with Gasteiger partial charge in [0.2, 0.25) is 0 Å². The van der Waals surface area contributed by atoms with Crippen molar-refractivity contribution in [2.75, 3.05) is 28.6 Å². The van der Waals surface area contributed by atoms with Crippen LogP contribution in [-0.4, -0.2) is 24.1 Å². The van der Waals surface area contributed by atoms with Crippen molar-refractivity contribution < 1.29 is 22.4 Å². The predicted molar refractivity (Wildman–Crippen MR) is 150 cm³/mol. The van der Waals surface area contributed by atoms with Gasteiger partial charge in [-0.05, 0) is 67.4 Å². The number of anilines is 3. The molecule has 3 heterocycles. The Morgan fingerprint density at radius 2 is 1.98 bits per heavy atom. The minimum absolute atomic E-state index is 0.312. The Bertz CT molecular complexity index is 1570. The first-order valence-corrected chi connectivity index (χ1v) is 13.0. The van der Waals surface area contributed by atoms with Crippen LogP contribution in [0, 0.1) is 11.8 Å². The number of amides is 2. The van der Waals surface area contributed by atoms with Crippen LogP contribution in [-0.2, 0) is 6.18 Å². The van der Waals surface area contributed by atoms with Gasteiger partial charge in [-0.15, -0.1) is 0 Å². The zero-order chi connectivity index (χ0) is 28.1. The molecule has 0 aliphatic carbocycles. The molecular weight excluding hydrogens is 517 g/mol. The quantitative estimate of drug-likeness (QED) is 0.256. The van der Waals surface area contributed by atoms with Crippen LogP contribution in [0.3, 0.4) is 0 Å². The number of hydrogen-bond donors (Lipinski definition) is 2. The van der Waals surface area contributed by atoms with Gasteiger partial charge in [0.05, 0.1) is 23.2 Å². The Labute approximate surface area is 230 Å². The summed E-state index contributed by atoms with van der Waals surface area (Å²) in [6.07, 6.45) is -0.632. The molecular formula is C31H27F3N4O2. The van der Waals surface area contributed by atoms with Crippen molar-refractivity contribution in [3.63, 3.8) is 0 Å². The molecule has 9 heteroatoms. The van der Waals surface area contributed by atoms with Crippen molar-refractivity contribution in [3.8, 4) is 34.4 Å². The van der Waals surface area contributed by atoms with Crippen LogP contribution >= 0.6 is 0 Å². The lowest BCUT2D eigenvalue weighted by molar-refractivity contribution is -0.137. The lowest BCUT2D eigenvalue weighted by atomic mass is 10.0. The molecule has 1 aliphatic heterocycles. The van der Waals surface area contributed by atoms with Crippen LogP contribution in [0.25, 0.3) is 22.6 Å². The molecule has 2 aromatic heterocycles. The number of benzene rings is 2. The van der Waals surface area contributed by atoms with Gasteiger partial charge in [0, 0.05) is 41.9 Å². The Morgan fingerprint density at radius 1 is 1.10 bits per heavy atom. The Morgan fingerprint density at radius 3 is 2.75 bits per heavy atom. The second kappa shape index (κ2) is 11.6. The number of alkyl halides is 3. The molecule has 0 spiro atoms. The molecule has 2 N–H and O–H groups in total. The molecule has 2 aromatic carbocycles. The number of aromatic nitrogens is 1. The lowest BCUT2D eigenvalue weighted by Gasteiger charge is -2.27. The molecule has 4 aromatic rings. The van der Waals surface area contributed by atoms with E-state index >= 15 is 0 Å². The summed E-state index contributed by atoms with van der Waals surface area (Å²) in [5.74, 6) is 7.18. The summed E-state index contributed by atoms with van der Waals surface area (Å²) >= 11 is 0. The fraction of sp³-hybridized carbons (Fsp3) is 0.226. The number of carbonyl (C=O) groups is 1. The van der Waals surface area contributed by atoms with E-state index in [2.05, 4.69) is 27.5 Å². The van der Waals surface area contributed by atoms with E-state index in [-0.39, 0.29) is 0 Å². The van der Waals surface area contributed by atoms with Crippen LogP contribution < -0.4 is 15.5 Å². The molecule has 0 unspecified atom stereocenters. The van der Waals surface area contributed by atoms with E-state index in [1.54, 1.807) is 36.6 Å². The standard InChI is InChI=1S/C31H27F3N4O2/c1-2-3-8-21-12-13-24(20-25(21)28-11-7-18-40-28)36-30(39)38-17-5-4-16-35-27-15-14-26(37-29(27)38)22-9-6-10-23(19-22)31(32,33)34/h6-7,9-15,18-20,35H,2,4-5,16-17H2,1H3,(H,36,39). The fourth-order valence-electron chi connectivity index (χ4n) is 4.47. The Kier molecular flexibility index (Phi) is 7.78. The molecule has 204 valence electrons. The number of pyridine rings is 1. The van der Waals surface area contributed by atoms with Gasteiger partial charge in [-0.25, -0.2) is 9.78 Å². The van der Waals surface area contributed by atoms with E-state index < -0.39 is 17.8 Å². The first-order valence-electron chi connectivity index (χ1n) is 13.0. The second-order valence-corrected chi connectivity index (χ2v) is 9.25. The molecule has 5 rings (SSSR count). The number of fused-ring (bicyclic) bond motifs is 1. The number of nitrogens with zero attached hydrogens (tertiary/aromatic N) is 2. The molecule has 0 atom stereocenters. The summed E-state index contributed by atoms with van der Waals surface area (Å²) in [7, 11) is 0. The average Bonchev–Trinajstić information content (AvgIpc) is 3.47. The molecule has 0 fully saturated rings. The summed E-state index contributed by atoms with van der Waals surface area (Å²) in [5, 5.41) is 6.25. The third-order valence-electron chi connectivity index (χ3n) is 6.44. The maximum Gasteiger partial charge on any atom is 0.416 e. The highest BCUT2D eigenvalue weighted by Crippen LogP contribution is 2.35. The molecule has 6 nitrogen and oxygen atoms in total. The zero-order valence-corrected chi connectivity index (χ0v) is 21.8. The third kappa shape index (κ3) is 5.96. The molecule has 1 aliphatic rings. The summed E-state index contributed by atoms with van der Waals surface area (Å²) in [6, 6.07) is 17.1. The Hall–Kier alpha value is -4.71. The van der Waals surface area contributed by atoms with Gasteiger partial charge in [-0.2, -0.15) is 13.2 Å². The molecule has 0 radical (unpaired) electrons. The summed E-state index contributed by atoms with van der Waals surface area (Å²) in [6.45, 7) is 3.06. The van der Waals surface area contributed by atoms with E-state index in [1.165, 1.54) is 11.0 Å². The number of rotatable bonds is 3. The minimum atomic E-state index is -4.47. The largest absolute Gasteiger partial charge is 0.464 e. The van der Waals surface area contributed by atoms with Gasteiger partial charge in [0.25, 0.3) is 0 Å². The van der Waals surface area contributed by atoms with Crippen LogP contribution in [0.1, 0.15) is 37.3 Å². The predicted octanol–water partition coefficient (Wildman–Crippen LogP) is 8.03. The highest BCUT2D eigenvalue weighted by molar-refractivity contribution is 6.03. The van der Waals surface area contributed by atoms with Crippen molar-refractivity contribution in [1.29, 1.82) is 0 Å². The second-order valence-electron chi connectivity index (χ2n) is 9.25. The van der Waals surface area contributed by atoms with Crippen LogP contribution in [0.4, 0.5) is 35.2 Å². The molecule has 0 bridgehead atoms. The zero-order valence-electron chi connectivity index (χ0n) is 21.8. The maximum atomic E-state index is 13.6. The first kappa shape index (κ1) is 26.9. The Balaban J connectivity index is 1.48. The summed E-state index contributed by atoms with van der Waals surface area (Å²) in [4.78, 5) is 19.8. The van der Waals surface area contributed by atoms with Crippen LogP contribution in [0.5, 0.6) is 0 Å². The molecule has 0 saturated carbocycles. The van der Waals surface area contributed by atoms with Gasteiger partial charge < -0.3 is 15.1 Å². The SMILES string of the molecule is CCC#Cc1ccc(NC(=O)N2CCCCNc3ccc(-c4cccc(C(F)(F)F)c4)nc32)cc1-c1ccco1. The topological polar surface area (TPSA) is 70.4 Å². The van der Waals surface area contributed by atoms with Crippen LogP contribution in [0.15, 0.2) is 77.4 Å². The number of hydrogen-bond acceptors (Lipinski definition) is 4. The van der Waals surface area contributed by atoms with Gasteiger partial charge >= 0.3 is 12.2 Å². The van der Waals surface area contributed by atoms with Crippen molar-refractivity contribution in [2.45, 2.75) is 32.4 Å². The number of halogens is 3. The van der Waals surface area contributed by atoms with E-state index in [0.29, 0.717) is 53.7 Å². The number of carbonyl (C=O) groups excluding carboxylic acids is 1. The highest BCUT2D eigenvalue weighted by atomic mass is 19.4. The third-order valence-corrected chi connectivity index (χ3v) is 6.44. The summed E-state index contributed by atoms with van der Waals surface area (Å²) < 4.78 is 45.6. The van der Waals surface area contributed by atoms with Gasteiger partial charge in [0.15, 0.2) is 5.82 Å². The molecule has 0 saturated heterocycles. The average molecular weight is 545 g/mol. The van der Waals surface area contributed by atoms with Crippen LogP contribution in [0.2, 0.25) is 0 Å². The number of furan rings is 1. The van der Waals surface area contributed by atoms with Crippen molar-refractivity contribution in [3.05, 3.63) is 84.1 Å². The van der Waals surface area contributed by atoms with Gasteiger partial charge in [-0.3, -0.25) is 4.90 Å². The number of nitrogens with one attached hydrogen (secondary N) is 2. The van der Waals surface area contributed by atoms with E-state index in [9.17, 15) is 18.0 Å². The normalized spacial score (nSPS) is 13.2. The lowest BCUT2D eigenvalue weighted by Crippen LogP contribution is -2.38.